The van der Waals surface area contributed by atoms with Crippen molar-refractivity contribution in [3.05, 3.63) is 65.8 Å². The van der Waals surface area contributed by atoms with Crippen molar-refractivity contribution in [3.63, 3.8) is 0 Å². The van der Waals surface area contributed by atoms with E-state index < -0.39 is 17.8 Å². The zero-order valence-electron chi connectivity index (χ0n) is 18.3. The molecule has 0 bridgehead atoms. The standard InChI is InChI=1S/C23H24F3N5O2/c1-15(17-4-3-5-18(12-17)23(24,25)26)29-21-22-28-13-19(31(22)11-8-27-21)16-6-9-30(10-7-16)20(32)14-33-2/h3-6,8,11-13,15H,7,9-10,14H2,1-2H3,(H,27,29)/t15-/m1/s1. The number of benzene rings is 1. The third-order valence-corrected chi connectivity index (χ3v) is 5.65. The van der Waals surface area contributed by atoms with Gasteiger partial charge in [-0.25, -0.2) is 9.97 Å². The molecule has 1 amide bonds. The first kappa shape index (κ1) is 22.8. The minimum atomic E-state index is -4.40. The minimum absolute atomic E-state index is 0.0507. The van der Waals surface area contributed by atoms with E-state index in [4.69, 9.17) is 4.74 Å². The second-order valence-corrected chi connectivity index (χ2v) is 7.85. The van der Waals surface area contributed by atoms with E-state index in [1.54, 1.807) is 36.5 Å². The fraction of sp³-hybridized carbons (Fsp3) is 0.348. The fourth-order valence-corrected chi connectivity index (χ4v) is 3.87. The number of carbonyl (C=O) groups is 1. The average Bonchev–Trinajstić information content (AvgIpc) is 3.24. The number of amides is 1. The van der Waals surface area contributed by atoms with E-state index in [1.807, 2.05) is 10.5 Å². The highest BCUT2D eigenvalue weighted by molar-refractivity contribution is 5.79. The summed E-state index contributed by atoms with van der Waals surface area (Å²) < 4.78 is 46.0. The minimum Gasteiger partial charge on any atom is -0.375 e. The van der Waals surface area contributed by atoms with Gasteiger partial charge < -0.3 is 15.0 Å². The normalized spacial score (nSPS) is 15.4. The maximum atomic E-state index is 13.1. The summed E-state index contributed by atoms with van der Waals surface area (Å²) >= 11 is 0. The number of fused-ring (bicyclic) bond motifs is 1. The maximum absolute atomic E-state index is 13.1. The van der Waals surface area contributed by atoms with Crippen molar-refractivity contribution in [1.82, 2.24) is 19.3 Å². The third kappa shape index (κ3) is 4.85. The Morgan fingerprint density at radius 2 is 2.12 bits per heavy atom. The van der Waals surface area contributed by atoms with Crippen molar-refractivity contribution >= 4 is 22.9 Å². The zero-order chi connectivity index (χ0) is 23.6. The summed E-state index contributed by atoms with van der Waals surface area (Å²) in [5.41, 5.74) is 2.33. The van der Waals surface area contributed by atoms with Crippen molar-refractivity contribution in [2.24, 2.45) is 0 Å². The van der Waals surface area contributed by atoms with Gasteiger partial charge in [0.2, 0.25) is 5.91 Å². The molecule has 33 heavy (non-hydrogen) atoms. The molecule has 0 saturated heterocycles. The molecule has 1 aromatic carbocycles. The Bertz CT molecular complexity index is 1190. The van der Waals surface area contributed by atoms with Crippen LogP contribution in [0.2, 0.25) is 0 Å². The van der Waals surface area contributed by atoms with Crippen LogP contribution in [-0.2, 0) is 15.7 Å². The molecular weight excluding hydrogens is 435 g/mol. The lowest BCUT2D eigenvalue weighted by Crippen LogP contribution is -2.37. The number of nitrogens with zero attached hydrogens (tertiary/aromatic N) is 4. The third-order valence-electron chi connectivity index (χ3n) is 5.65. The summed E-state index contributed by atoms with van der Waals surface area (Å²) in [5.74, 6) is 0.423. The molecule has 1 aliphatic rings. The van der Waals surface area contributed by atoms with E-state index in [-0.39, 0.29) is 12.5 Å². The second kappa shape index (κ2) is 9.22. The molecule has 10 heteroatoms. The van der Waals surface area contributed by atoms with Crippen molar-refractivity contribution in [2.45, 2.75) is 25.6 Å². The van der Waals surface area contributed by atoms with Crippen LogP contribution in [0.5, 0.6) is 0 Å². The molecule has 0 fully saturated rings. The first-order chi connectivity index (χ1) is 15.8. The van der Waals surface area contributed by atoms with E-state index >= 15 is 0 Å². The van der Waals surface area contributed by atoms with Gasteiger partial charge in [0.15, 0.2) is 11.5 Å². The average molecular weight is 459 g/mol. The lowest BCUT2D eigenvalue weighted by atomic mass is 10.0. The van der Waals surface area contributed by atoms with Gasteiger partial charge in [0.1, 0.15) is 6.61 Å². The number of ether oxygens (including phenoxy) is 1. The smallest absolute Gasteiger partial charge is 0.375 e. The van der Waals surface area contributed by atoms with Crippen LogP contribution in [0.25, 0.3) is 11.2 Å². The summed E-state index contributed by atoms with van der Waals surface area (Å²) in [5, 5.41) is 3.18. The van der Waals surface area contributed by atoms with Crippen LogP contribution in [0.4, 0.5) is 19.0 Å². The number of nitrogens with one attached hydrogen (secondary N) is 1. The van der Waals surface area contributed by atoms with Gasteiger partial charge in [0.05, 0.1) is 23.5 Å². The first-order valence-electron chi connectivity index (χ1n) is 10.5. The van der Waals surface area contributed by atoms with Gasteiger partial charge in [0, 0.05) is 32.6 Å². The van der Waals surface area contributed by atoms with Crippen LogP contribution in [-0.4, -0.2) is 52.0 Å². The van der Waals surface area contributed by atoms with Crippen molar-refractivity contribution < 1.29 is 22.7 Å². The number of aromatic nitrogens is 3. The zero-order valence-corrected chi connectivity index (χ0v) is 18.3. The highest BCUT2D eigenvalue weighted by atomic mass is 19.4. The molecule has 3 heterocycles. The van der Waals surface area contributed by atoms with E-state index in [0.717, 1.165) is 23.4 Å². The molecule has 0 spiro atoms. The van der Waals surface area contributed by atoms with Crippen LogP contribution in [0.1, 0.15) is 36.2 Å². The van der Waals surface area contributed by atoms with Crippen LogP contribution in [0.15, 0.2) is 48.9 Å². The molecule has 1 N–H and O–H groups in total. The molecule has 0 unspecified atom stereocenters. The number of hydrogen-bond acceptors (Lipinski definition) is 5. The Morgan fingerprint density at radius 3 is 2.82 bits per heavy atom. The highest BCUT2D eigenvalue weighted by Gasteiger charge is 2.30. The van der Waals surface area contributed by atoms with E-state index in [9.17, 15) is 18.0 Å². The number of anilines is 1. The van der Waals surface area contributed by atoms with Crippen molar-refractivity contribution in [3.8, 4) is 0 Å². The number of rotatable bonds is 6. The number of hydrogen-bond donors (Lipinski definition) is 1. The first-order valence-corrected chi connectivity index (χ1v) is 10.5. The number of alkyl halides is 3. The van der Waals surface area contributed by atoms with Gasteiger partial charge in [-0.15, -0.1) is 0 Å². The van der Waals surface area contributed by atoms with Crippen LogP contribution < -0.4 is 5.32 Å². The van der Waals surface area contributed by atoms with Gasteiger partial charge in [0.25, 0.3) is 0 Å². The van der Waals surface area contributed by atoms with Gasteiger partial charge >= 0.3 is 6.18 Å². The molecule has 7 nitrogen and oxygen atoms in total. The summed E-state index contributed by atoms with van der Waals surface area (Å²) in [6, 6.07) is 4.82. The molecular formula is C23H24F3N5O2. The van der Waals surface area contributed by atoms with Crippen molar-refractivity contribution in [1.29, 1.82) is 0 Å². The lowest BCUT2D eigenvalue weighted by molar-refractivity contribution is -0.137. The Kier molecular flexibility index (Phi) is 6.37. The number of imidazole rings is 1. The predicted molar refractivity (Wildman–Crippen MR) is 118 cm³/mol. The molecule has 2 aromatic heterocycles. The Labute approximate surface area is 188 Å². The lowest BCUT2D eigenvalue weighted by Gasteiger charge is -2.26. The summed E-state index contributed by atoms with van der Waals surface area (Å²) in [6.45, 7) is 2.92. The molecule has 0 radical (unpaired) electrons. The topological polar surface area (TPSA) is 71.8 Å². The summed E-state index contributed by atoms with van der Waals surface area (Å²) in [7, 11) is 1.50. The molecule has 3 aromatic rings. The molecule has 174 valence electrons. The fourth-order valence-electron chi connectivity index (χ4n) is 3.87. The summed E-state index contributed by atoms with van der Waals surface area (Å²) in [6.07, 6.45) is 3.44. The number of methoxy groups -OCH3 is 1. The van der Waals surface area contributed by atoms with Crippen LogP contribution >= 0.6 is 0 Å². The molecule has 1 atom stereocenters. The number of carbonyl (C=O) groups excluding carboxylic acids is 1. The largest absolute Gasteiger partial charge is 0.416 e. The van der Waals surface area contributed by atoms with Crippen LogP contribution in [0.3, 0.4) is 0 Å². The van der Waals surface area contributed by atoms with Crippen molar-refractivity contribution in [2.75, 3.05) is 32.1 Å². The quantitative estimate of drug-likeness (QED) is 0.599. The maximum Gasteiger partial charge on any atom is 0.416 e. The molecule has 4 rings (SSSR count). The Morgan fingerprint density at radius 1 is 1.30 bits per heavy atom. The van der Waals surface area contributed by atoms with Crippen LogP contribution in [0, 0.1) is 0 Å². The monoisotopic (exact) mass is 459 g/mol. The van der Waals surface area contributed by atoms with Gasteiger partial charge in [-0.05, 0) is 36.6 Å². The molecule has 0 aliphatic carbocycles. The van der Waals surface area contributed by atoms with E-state index in [1.165, 1.54) is 13.2 Å². The predicted octanol–water partition coefficient (Wildman–Crippen LogP) is 4.18. The van der Waals surface area contributed by atoms with E-state index in [0.29, 0.717) is 36.5 Å². The summed E-state index contributed by atoms with van der Waals surface area (Å²) in [4.78, 5) is 22.6. The molecule has 0 saturated carbocycles. The van der Waals surface area contributed by atoms with Gasteiger partial charge in [-0.2, -0.15) is 13.2 Å². The SMILES string of the molecule is COCC(=O)N1CC=C(c2cnc3c(N[C@H](C)c4cccc(C(F)(F)F)c4)nccn23)CC1. The number of halogens is 3. The Hall–Kier alpha value is -3.40. The molecule has 1 aliphatic heterocycles. The van der Waals surface area contributed by atoms with Gasteiger partial charge in [-0.1, -0.05) is 18.2 Å². The van der Waals surface area contributed by atoms with Gasteiger partial charge in [-0.3, -0.25) is 9.20 Å². The van der Waals surface area contributed by atoms with E-state index in [2.05, 4.69) is 15.3 Å². The Balaban J connectivity index is 1.55. The highest BCUT2D eigenvalue weighted by Crippen LogP contribution is 2.32. The second-order valence-electron chi connectivity index (χ2n) is 7.85.